The maximum Gasteiger partial charge on any atom is 0.315 e. The molecular weight excluding hydrogens is 448 g/mol. The minimum atomic E-state index is -3.23. The summed E-state index contributed by atoms with van der Waals surface area (Å²) in [5, 5.41) is 7.68. The van der Waals surface area contributed by atoms with Crippen LogP contribution < -0.4 is 16.0 Å². The van der Waals surface area contributed by atoms with Gasteiger partial charge in [0.15, 0.2) is 9.84 Å². The molecule has 170 valence electrons. The van der Waals surface area contributed by atoms with Gasteiger partial charge in [-0.1, -0.05) is 12.5 Å². The number of nitrogens with zero attached hydrogens (tertiary/aromatic N) is 1. The first-order valence-corrected chi connectivity index (χ1v) is 13.3. The maximum atomic E-state index is 12.3. The first-order valence-electron chi connectivity index (χ1n) is 10.6. The van der Waals surface area contributed by atoms with E-state index in [-0.39, 0.29) is 29.8 Å². The van der Waals surface area contributed by atoms with Gasteiger partial charge in [-0.05, 0) is 48.7 Å². The molecule has 1 aromatic heterocycles. The Balaban J connectivity index is 1.18. The summed E-state index contributed by atoms with van der Waals surface area (Å²) in [5.74, 6) is 0.721. The van der Waals surface area contributed by atoms with Gasteiger partial charge in [-0.25, -0.2) is 13.2 Å². The lowest BCUT2D eigenvalue weighted by Gasteiger charge is -2.16. The highest BCUT2D eigenvalue weighted by molar-refractivity contribution is 7.98. The lowest BCUT2D eigenvalue weighted by Crippen LogP contribution is -2.39. The van der Waals surface area contributed by atoms with Crippen molar-refractivity contribution in [1.82, 2.24) is 15.6 Å². The second kappa shape index (κ2) is 9.91. The Morgan fingerprint density at radius 2 is 1.97 bits per heavy atom. The highest BCUT2D eigenvalue weighted by Gasteiger charge is 2.51. The number of benzene rings is 1. The van der Waals surface area contributed by atoms with Crippen LogP contribution in [0.5, 0.6) is 0 Å². The van der Waals surface area contributed by atoms with Crippen molar-refractivity contribution in [2.45, 2.75) is 53.7 Å². The van der Waals surface area contributed by atoms with Crippen LogP contribution in [0, 0.1) is 0 Å². The molecule has 3 heterocycles. The summed E-state index contributed by atoms with van der Waals surface area (Å²) in [6, 6.07) is 10.7. The number of sulfone groups is 1. The van der Waals surface area contributed by atoms with Gasteiger partial charge in [0.25, 0.3) is 0 Å². The molecule has 0 radical (unpaired) electrons. The Morgan fingerprint density at radius 3 is 2.72 bits per heavy atom. The number of nitrogens with one attached hydrogen (secondary N) is 3. The van der Waals surface area contributed by atoms with Crippen LogP contribution in [0.25, 0.3) is 0 Å². The SMILES string of the molecule is O=C(CCCC[C@@H]1[C@@H]2NC(=O)N[C@H]2CS1(=O)=O)Nc1ccc(SCc2cccnc2)cc1. The maximum absolute atomic E-state index is 12.3. The van der Waals surface area contributed by atoms with E-state index < -0.39 is 15.1 Å². The van der Waals surface area contributed by atoms with Gasteiger partial charge in [-0.15, -0.1) is 11.8 Å². The number of amides is 3. The summed E-state index contributed by atoms with van der Waals surface area (Å²) in [6.07, 6.45) is 5.58. The number of carbonyl (C=O) groups excluding carboxylic acids is 2. The van der Waals surface area contributed by atoms with Crippen LogP contribution in [0.2, 0.25) is 0 Å². The summed E-state index contributed by atoms with van der Waals surface area (Å²) in [7, 11) is -3.23. The second-order valence-electron chi connectivity index (χ2n) is 8.09. The van der Waals surface area contributed by atoms with E-state index in [1.54, 1.807) is 18.0 Å². The number of fused-ring (bicyclic) bond motifs is 1. The molecule has 2 fully saturated rings. The van der Waals surface area contributed by atoms with Crippen LogP contribution in [0.4, 0.5) is 10.5 Å². The van der Waals surface area contributed by atoms with Crippen LogP contribution in [0.15, 0.2) is 53.7 Å². The Labute approximate surface area is 191 Å². The fourth-order valence-electron chi connectivity index (χ4n) is 4.14. The molecule has 10 heteroatoms. The van der Waals surface area contributed by atoms with Gasteiger partial charge in [-0.2, -0.15) is 0 Å². The molecule has 2 aromatic rings. The molecule has 2 saturated heterocycles. The Morgan fingerprint density at radius 1 is 1.16 bits per heavy atom. The van der Waals surface area contributed by atoms with E-state index in [0.717, 1.165) is 21.9 Å². The first kappa shape index (κ1) is 22.6. The van der Waals surface area contributed by atoms with Crippen LogP contribution in [0.3, 0.4) is 0 Å². The molecule has 2 aliphatic rings. The van der Waals surface area contributed by atoms with Crippen LogP contribution in [-0.4, -0.2) is 48.4 Å². The van der Waals surface area contributed by atoms with Gasteiger partial charge in [0, 0.05) is 35.2 Å². The van der Waals surface area contributed by atoms with Crippen LogP contribution >= 0.6 is 11.8 Å². The predicted octanol–water partition coefficient (Wildman–Crippen LogP) is 2.72. The van der Waals surface area contributed by atoms with Gasteiger partial charge in [-0.3, -0.25) is 9.78 Å². The summed E-state index contributed by atoms with van der Waals surface area (Å²) in [5.41, 5.74) is 1.89. The number of hydrogen-bond acceptors (Lipinski definition) is 6. The molecule has 0 spiro atoms. The van der Waals surface area contributed by atoms with Crippen molar-refractivity contribution in [2.75, 3.05) is 11.1 Å². The third kappa shape index (κ3) is 5.60. The number of carbonyl (C=O) groups is 2. The summed E-state index contributed by atoms with van der Waals surface area (Å²) >= 11 is 1.70. The van der Waals surface area contributed by atoms with Crippen molar-refractivity contribution in [3.05, 3.63) is 54.4 Å². The third-order valence-electron chi connectivity index (χ3n) is 5.73. The van der Waals surface area contributed by atoms with Gasteiger partial charge >= 0.3 is 6.03 Å². The van der Waals surface area contributed by atoms with Crippen LogP contribution in [0.1, 0.15) is 31.2 Å². The molecule has 4 rings (SSSR count). The number of aromatic nitrogens is 1. The zero-order valence-corrected chi connectivity index (χ0v) is 19.1. The summed E-state index contributed by atoms with van der Waals surface area (Å²) in [6.45, 7) is 0. The molecule has 8 nitrogen and oxygen atoms in total. The smallest absolute Gasteiger partial charge is 0.315 e. The average molecular weight is 475 g/mol. The van der Waals surface area contributed by atoms with Crippen molar-refractivity contribution in [3.63, 3.8) is 0 Å². The zero-order chi connectivity index (χ0) is 22.6. The number of hydrogen-bond donors (Lipinski definition) is 3. The van der Waals surface area contributed by atoms with Crippen molar-refractivity contribution >= 4 is 39.2 Å². The van der Waals surface area contributed by atoms with E-state index in [1.807, 2.05) is 42.6 Å². The van der Waals surface area contributed by atoms with Gasteiger partial charge in [0.1, 0.15) is 0 Å². The minimum absolute atomic E-state index is 0.0158. The number of anilines is 1. The van der Waals surface area contributed by atoms with E-state index in [0.29, 0.717) is 25.7 Å². The van der Waals surface area contributed by atoms with Gasteiger partial charge in [0.2, 0.25) is 5.91 Å². The number of pyridine rings is 1. The molecule has 3 N–H and O–H groups in total. The fraction of sp³-hybridized carbons (Fsp3) is 0.409. The first-order chi connectivity index (χ1) is 15.4. The van der Waals surface area contributed by atoms with E-state index >= 15 is 0 Å². The van der Waals surface area contributed by atoms with Gasteiger partial charge in [0.05, 0.1) is 23.1 Å². The van der Waals surface area contributed by atoms with Crippen molar-refractivity contribution in [3.8, 4) is 0 Å². The lowest BCUT2D eigenvalue weighted by atomic mass is 10.0. The quantitative estimate of drug-likeness (QED) is 0.292. The Kier molecular flexibility index (Phi) is 7.00. The van der Waals surface area contributed by atoms with E-state index in [2.05, 4.69) is 20.9 Å². The van der Waals surface area contributed by atoms with Crippen molar-refractivity contribution in [2.24, 2.45) is 0 Å². The minimum Gasteiger partial charge on any atom is -0.332 e. The van der Waals surface area contributed by atoms with Gasteiger partial charge < -0.3 is 16.0 Å². The largest absolute Gasteiger partial charge is 0.332 e. The molecule has 3 atom stereocenters. The van der Waals surface area contributed by atoms with E-state index in [9.17, 15) is 18.0 Å². The molecule has 2 aliphatic heterocycles. The normalized spacial score (nSPS) is 23.2. The van der Waals surface area contributed by atoms with Crippen LogP contribution in [-0.2, 0) is 20.4 Å². The third-order valence-corrected chi connectivity index (χ3v) is 9.09. The van der Waals surface area contributed by atoms with Crippen molar-refractivity contribution in [1.29, 1.82) is 0 Å². The van der Waals surface area contributed by atoms with E-state index in [4.69, 9.17) is 0 Å². The average Bonchev–Trinajstić information content (AvgIpc) is 3.22. The number of unbranched alkanes of at least 4 members (excludes halogenated alkanes) is 1. The second-order valence-corrected chi connectivity index (χ2v) is 11.4. The Hall–Kier alpha value is -2.59. The highest BCUT2D eigenvalue weighted by Crippen LogP contribution is 2.28. The molecular formula is C22H26N4O4S2. The molecule has 32 heavy (non-hydrogen) atoms. The monoisotopic (exact) mass is 474 g/mol. The fourth-order valence-corrected chi connectivity index (χ4v) is 7.25. The molecule has 0 bridgehead atoms. The Bertz CT molecular complexity index is 1060. The molecule has 0 saturated carbocycles. The summed E-state index contributed by atoms with van der Waals surface area (Å²) in [4.78, 5) is 28.9. The number of urea groups is 1. The topological polar surface area (TPSA) is 117 Å². The van der Waals surface area contributed by atoms with E-state index in [1.165, 1.54) is 0 Å². The zero-order valence-electron chi connectivity index (χ0n) is 17.5. The number of rotatable bonds is 9. The molecule has 1 aromatic carbocycles. The highest BCUT2D eigenvalue weighted by atomic mass is 32.2. The summed E-state index contributed by atoms with van der Waals surface area (Å²) < 4.78 is 24.7. The molecule has 3 amide bonds. The molecule has 0 unspecified atom stereocenters. The predicted molar refractivity (Wildman–Crippen MR) is 124 cm³/mol. The lowest BCUT2D eigenvalue weighted by molar-refractivity contribution is -0.116. The van der Waals surface area contributed by atoms with Crippen molar-refractivity contribution < 1.29 is 18.0 Å². The molecule has 0 aliphatic carbocycles. The number of thioether (sulfide) groups is 1. The standard InChI is InChI=1S/C22H26N4O4S2/c27-20(6-2-1-5-19-21-18(14-32(19,29)30)25-22(28)26-21)24-16-7-9-17(10-8-16)31-13-15-4-3-11-23-12-15/h3-4,7-12,18-19,21H,1-2,5-6,13-14H2,(H,24,27)(H2,25,26,28)/t18-,19+,21+/m0/s1.